The third-order valence-electron chi connectivity index (χ3n) is 3.01. The van der Waals surface area contributed by atoms with Crippen molar-refractivity contribution in [2.75, 3.05) is 13.2 Å². The summed E-state index contributed by atoms with van der Waals surface area (Å²) in [7, 11) is 0. The second-order valence-corrected chi connectivity index (χ2v) is 5.99. The van der Waals surface area contributed by atoms with Gasteiger partial charge in [0.15, 0.2) is 0 Å². The largest absolute Gasteiger partial charge is 0.379 e. The van der Waals surface area contributed by atoms with Gasteiger partial charge in [0.05, 0.1) is 23.0 Å². The van der Waals surface area contributed by atoms with Gasteiger partial charge in [-0.05, 0) is 25.0 Å². The first kappa shape index (κ1) is 15.3. The molecule has 2 rings (SSSR count). The van der Waals surface area contributed by atoms with E-state index in [-0.39, 0.29) is 11.2 Å². The summed E-state index contributed by atoms with van der Waals surface area (Å²) in [6.07, 6.45) is 0. The molecular formula is C15H20ClFN2O. The zero-order valence-corrected chi connectivity index (χ0v) is 12.8. The number of aromatic nitrogens is 2. The highest BCUT2D eigenvalue weighted by Gasteiger charge is 2.15. The van der Waals surface area contributed by atoms with Crippen LogP contribution in [0.5, 0.6) is 0 Å². The van der Waals surface area contributed by atoms with E-state index in [0.29, 0.717) is 24.6 Å². The van der Waals surface area contributed by atoms with Crippen molar-refractivity contribution in [2.45, 2.75) is 32.7 Å². The summed E-state index contributed by atoms with van der Waals surface area (Å²) in [4.78, 5) is 4.42. The van der Waals surface area contributed by atoms with Crippen molar-refractivity contribution in [3.05, 3.63) is 29.8 Å². The van der Waals surface area contributed by atoms with E-state index in [1.54, 1.807) is 6.07 Å². The number of ether oxygens (including phenoxy) is 1. The van der Waals surface area contributed by atoms with Crippen LogP contribution in [0.4, 0.5) is 4.39 Å². The summed E-state index contributed by atoms with van der Waals surface area (Å²) < 4.78 is 20.9. The summed E-state index contributed by atoms with van der Waals surface area (Å²) in [5, 5.41) is -0.226. The smallest absolute Gasteiger partial charge is 0.127 e. The lowest BCUT2D eigenvalue weighted by molar-refractivity contribution is 0.103. The van der Waals surface area contributed by atoms with Crippen molar-refractivity contribution in [1.82, 2.24) is 9.55 Å². The Morgan fingerprint density at radius 1 is 1.35 bits per heavy atom. The van der Waals surface area contributed by atoms with E-state index in [0.717, 1.165) is 17.9 Å². The van der Waals surface area contributed by atoms with Gasteiger partial charge >= 0.3 is 0 Å². The number of imidazole rings is 1. The first-order valence-corrected chi connectivity index (χ1v) is 7.30. The van der Waals surface area contributed by atoms with Gasteiger partial charge in [-0.25, -0.2) is 9.37 Å². The van der Waals surface area contributed by atoms with Crippen LogP contribution in [0.25, 0.3) is 11.0 Å². The molecule has 0 fully saturated rings. The average molecular weight is 299 g/mol. The van der Waals surface area contributed by atoms with Gasteiger partial charge < -0.3 is 9.30 Å². The molecule has 1 aromatic heterocycles. The van der Waals surface area contributed by atoms with Gasteiger partial charge in [0.1, 0.15) is 11.6 Å². The minimum absolute atomic E-state index is 0.226. The maximum absolute atomic E-state index is 13.3. The molecule has 0 amide bonds. The molecule has 0 aliphatic carbocycles. The molecular weight excluding hydrogens is 279 g/mol. The van der Waals surface area contributed by atoms with Crippen LogP contribution in [0.3, 0.4) is 0 Å². The van der Waals surface area contributed by atoms with Crippen LogP contribution < -0.4 is 0 Å². The van der Waals surface area contributed by atoms with Crippen molar-refractivity contribution < 1.29 is 9.13 Å². The van der Waals surface area contributed by atoms with Crippen LogP contribution >= 0.6 is 11.6 Å². The lowest BCUT2D eigenvalue weighted by Gasteiger charge is -2.12. The van der Waals surface area contributed by atoms with Gasteiger partial charge in [0.25, 0.3) is 0 Å². The average Bonchev–Trinajstić information content (AvgIpc) is 2.72. The predicted molar refractivity (Wildman–Crippen MR) is 79.6 cm³/mol. The van der Waals surface area contributed by atoms with E-state index < -0.39 is 0 Å². The van der Waals surface area contributed by atoms with Crippen LogP contribution in [0.15, 0.2) is 18.2 Å². The van der Waals surface area contributed by atoms with Crippen molar-refractivity contribution in [3.8, 4) is 0 Å². The molecule has 3 nitrogen and oxygen atoms in total. The lowest BCUT2D eigenvalue weighted by atomic mass is 10.2. The van der Waals surface area contributed by atoms with E-state index in [9.17, 15) is 4.39 Å². The number of hydrogen-bond acceptors (Lipinski definition) is 2. The van der Waals surface area contributed by atoms with Crippen LogP contribution in [-0.4, -0.2) is 22.8 Å². The van der Waals surface area contributed by atoms with Crippen LogP contribution in [0, 0.1) is 11.7 Å². The van der Waals surface area contributed by atoms with E-state index >= 15 is 0 Å². The molecule has 20 heavy (non-hydrogen) atoms. The highest BCUT2D eigenvalue weighted by molar-refractivity contribution is 6.20. The first-order valence-electron chi connectivity index (χ1n) is 6.86. The molecule has 0 N–H and O–H groups in total. The molecule has 0 aliphatic rings. The molecule has 1 unspecified atom stereocenters. The Hall–Kier alpha value is -1.13. The van der Waals surface area contributed by atoms with Gasteiger partial charge in [-0.1, -0.05) is 13.8 Å². The third-order valence-corrected chi connectivity index (χ3v) is 3.20. The Kier molecular flexibility index (Phi) is 5.00. The van der Waals surface area contributed by atoms with Gasteiger partial charge in [0.2, 0.25) is 0 Å². The predicted octanol–water partition coefficient (Wildman–Crippen LogP) is 4.15. The third kappa shape index (κ3) is 3.49. The molecule has 5 heteroatoms. The van der Waals surface area contributed by atoms with E-state index in [2.05, 4.69) is 18.8 Å². The van der Waals surface area contributed by atoms with Crippen molar-refractivity contribution in [1.29, 1.82) is 0 Å². The summed E-state index contributed by atoms with van der Waals surface area (Å²) in [6.45, 7) is 8.08. The Balaban J connectivity index is 2.22. The Morgan fingerprint density at radius 2 is 2.10 bits per heavy atom. The first-order chi connectivity index (χ1) is 9.49. The Labute approximate surface area is 123 Å². The lowest BCUT2D eigenvalue weighted by Crippen LogP contribution is -2.12. The highest BCUT2D eigenvalue weighted by atomic mass is 35.5. The van der Waals surface area contributed by atoms with E-state index in [4.69, 9.17) is 16.3 Å². The second kappa shape index (κ2) is 6.55. The number of alkyl halides is 1. The van der Waals surface area contributed by atoms with Gasteiger partial charge in [-0.2, -0.15) is 0 Å². The molecule has 1 aromatic carbocycles. The van der Waals surface area contributed by atoms with E-state index in [1.165, 1.54) is 12.1 Å². The maximum atomic E-state index is 13.3. The molecule has 0 saturated heterocycles. The van der Waals surface area contributed by atoms with Crippen LogP contribution in [0.1, 0.15) is 32.0 Å². The number of benzene rings is 1. The minimum atomic E-state index is -0.285. The monoisotopic (exact) mass is 298 g/mol. The topological polar surface area (TPSA) is 27.1 Å². The standard InChI is InChI=1S/C15H20ClFN2O/c1-10(2)9-20-7-6-19-14-5-4-12(17)8-13(14)18-15(19)11(3)16/h4-5,8,10-11H,6-7,9H2,1-3H3. The van der Waals surface area contributed by atoms with Crippen LogP contribution in [0.2, 0.25) is 0 Å². The van der Waals surface area contributed by atoms with E-state index in [1.807, 2.05) is 11.5 Å². The fraction of sp³-hybridized carbons (Fsp3) is 0.533. The zero-order chi connectivity index (χ0) is 14.7. The van der Waals surface area contributed by atoms with Gasteiger partial charge in [-0.3, -0.25) is 0 Å². The van der Waals surface area contributed by atoms with Gasteiger partial charge in [0, 0.05) is 19.2 Å². The normalized spacial score (nSPS) is 13.3. The second-order valence-electron chi connectivity index (χ2n) is 5.34. The van der Waals surface area contributed by atoms with Crippen LogP contribution in [-0.2, 0) is 11.3 Å². The number of fused-ring (bicyclic) bond motifs is 1. The molecule has 110 valence electrons. The molecule has 2 aromatic rings. The summed E-state index contributed by atoms with van der Waals surface area (Å²) in [6, 6.07) is 4.62. The molecule has 1 atom stereocenters. The summed E-state index contributed by atoms with van der Waals surface area (Å²) in [5.41, 5.74) is 1.53. The molecule has 1 heterocycles. The fourth-order valence-electron chi connectivity index (χ4n) is 2.14. The molecule has 0 radical (unpaired) electrons. The van der Waals surface area contributed by atoms with Crippen molar-refractivity contribution in [2.24, 2.45) is 5.92 Å². The zero-order valence-electron chi connectivity index (χ0n) is 12.1. The Morgan fingerprint density at radius 3 is 2.75 bits per heavy atom. The SMILES string of the molecule is CC(C)COCCn1c(C(C)Cl)nc2cc(F)ccc21. The fourth-order valence-corrected chi connectivity index (χ4v) is 2.30. The highest BCUT2D eigenvalue weighted by Crippen LogP contribution is 2.25. The quantitative estimate of drug-likeness (QED) is 0.592. The summed E-state index contributed by atoms with van der Waals surface area (Å²) >= 11 is 6.16. The molecule has 0 spiro atoms. The molecule has 0 saturated carbocycles. The minimum Gasteiger partial charge on any atom is -0.379 e. The number of nitrogens with zero attached hydrogens (tertiary/aromatic N) is 2. The number of halogens is 2. The summed E-state index contributed by atoms with van der Waals surface area (Å²) in [5.74, 6) is 0.974. The molecule has 0 aliphatic heterocycles. The number of rotatable bonds is 6. The van der Waals surface area contributed by atoms with Crippen molar-refractivity contribution >= 4 is 22.6 Å². The molecule has 0 bridgehead atoms. The Bertz CT molecular complexity index is 581. The van der Waals surface area contributed by atoms with Crippen molar-refractivity contribution in [3.63, 3.8) is 0 Å². The van der Waals surface area contributed by atoms with Gasteiger partial charge in [-0.15, -0.1) is 11.6 Å². The number of hydrogen-bond donors (Lipinski definition) is 0. The maximum Gasteiger partial charge on any atom is 0.127 e.